The lowest BCUT2D eigenvalue weighted by atomic mass is 10.1. The second kappa shape index (κ2) is 7.99. The van der Waals surface area contributed by atoms with Gasteiger partial charge in [-0.25, -0.2) is 4.39 Å². The molecule has 0 spiro atoms. The second-order valence-electron chi connectivity index (χ2n) is 6.37. The van der Waals surface area contributed by atoms with Crippen LogP contribution in [0.25, 0.3) is 0 Å². The van der Waals surface area contributed by atoms with E-state index in [1.165, 1.54) is 17.0 Å². The zero-order valence-electron chi connectivity index (χ0n) is 14.9. The van der Waals surface area contributed by atoms with Crippen LogP contribution in [0.15, 0.2) is 48.5 Å². The fourth-order valence-corrected chi connectivity index (χ4v) is 2.99. The van der Waals surface area contributed by atoms with Crippen LogP contribution < -0.4 is 15.5 Å². The standard InChI is InChI=1S/C20H20FN3O3/c1-13-20(27)24(17-8-3-2-7-16(17)19(26)23-13)12-18(25)22-10-9-14-5-4-6-15(21)11-14/h2-8,11,13H,9-10,12H2,1H3,(H,22,25)(H,23,26)/t13-/m0/s1. The maximum atomic E-state index is 13.2. The van der Waals surface area contributed by atoms with E-state index in [1.54, 1.807) is 43.3 Å². The van der Waals surface area contributed by atoms with Crippen molar-refractivity contribution in [3.63, 3.8) is 0 Å². The van der Waals surface area contributed by atoms with Crippen LogP contribution in [-0.4, -0.2) is 36.9 Å². The molecule has 1 atom stereocenters. The summed E-state index contributed by atoms with van der Waals surface area (Å²) in [6.45, 7) is 1.71. The Morgan fingerprint density at radius 3 is 2.74 bits per heavy atom. The number of anilines is 1. The van der Waals surface area contributed by atoms with Crippen LogP contribution in [0.5, 0.6) is 0 Å². The molecule has 1 aliphatic heterocycles. The van der Waals surface area contributed by atoms with E-state index in [2.05, 4.69) is 10.6 Å². The highest BCUT2D eigenvalue weighted by Gasteiger charge is 2.31. The number of nitrogens with zero attached hydrogens (tertiary/aromatic N) is 1. The van der Waals surface area contributed by atoms with E-state index in [0.717, 1.165) is 5.56 Å². The topological polar surface area (TPSA) is 78.5 Å². The molecular weight excluding hydrogens is 349 g/mol. The Morgan fingerprint density at radius 1 is 1.19 bits per heavy atom. The number of carbonyl (C=O) groups excluding carboxylic acids is 3. The molecule has 2 aromatic carbocycles. The van der Waals surface area contributed by atoms with Crippen molar-refractivity contribution in [1.82, 2.24) is 10.6 Å². The summed E-state index contributed by atoms with van der Waals surface area (Å²) in [7, 11) is 0. The molecule has 3 amide bonds. The van der Waals surface area contributed by atoms with E-state index in [-0.39, 0.29) is 30.1 Å². The van der Waals surface area contributed by atoms with Crippen molar-refractivity contribution in [2.75, 3.05) is 18.0 Å². The first kappa shape index (κ1) is 18.6. The third-order valence-electron chi connectivity index (χ3n) is 4.35. The summed E-state index contributed by atoms with van der Waals surface area (Å²) in [6.07, 6.45) is 0.477. The normalized spacial score (nSPS) is 16.4. The van der Waals surface area contributed by atoms with Gasteiger partial charge in [-0.15, -0.1) is 0 Å². The molecule has 140 valence electrons. The van der Waals surface area contributed by atoms with Crippen LogP contribution >= 0.6 is 0 Å². The van der Waals surface area contributed by atoms with Crippen LogP contribution in [0.1, 0.15) is 22.8 Å². The van der Waals surface area contributed by atoms with Gasteiger partial charge in [-0.05, 0) is 43.2 Å². The van der Waals surface area contributed by atoms with E-state index in [1.807, 2.05) is 0 Å². The quantitative estimate of drug-likeness (QED) is 0.841. The molecule has 6 nitrogen and oxygen atoms in total. The van der Waals surface area contributed by atoms with E-state index >= 15 is 0 Å². The third-order valence-corrected chi connectivity index (χ3v) is 4.35. The van der Waals surface area contributed by atoms with Gasteiger partial charge >= 0.3 is 0 Å². The summed E-state index contributed by atoms with van der Waals surface area (Å²) in [5.41, 5.74) is 1.53. The second-order valence-corrected chi connectivity index (χ2v) is 6.37. The monoisotopic (exact) mass is 369 g/mol. The zero-order valence-corrected chi connectivity index (χ0v) is 14.9. The van der Waals surface area contributed by atoms with Crippen LogP contribution in [0.2, 0.25) is 0 Å². The lowest BCUT2D eigenvalue weighted by molar-refractivity contribution is -0.124. The fourth-order valence-electron chi connectivity index (χ4n) is 2.99. The number of para-hydroxylation sites is 1. The number of benzene rings is 2. The Kier molecular flexibility index (Phi) is 5.49. The molecule has 0 bridgehead atoms. The van der Waals surface area contributed by atoms with Crippen molar-refractivity contribution in [1.29, 1.82) is 0 Å². The molecule has 3 rings (SSSR count). The highest BCUT2D eigenvalue weighted by Crippen LogP contribution is 2.23. The van der Waals surface area contributed by atoms with Crippen molar-refractivity contribution in [2.45, 2.75) is 19.4 Å². The molecule has 0 saturated carbocycles. The fraction of sp³-hybridized carbons (Fsp3) is 0.250. The Labute approximate surface area is 156 Å². The molecule has 1 heterocycles. The van der Waals surface area contributed by atoms with E-state index in [4.69, 9.17) is 0 Å². The number of hydrogen-bond acceptors (Lipinski definition) is 3. The van der Waals surface area contributed by atoms with Crippen molar-refractivity contribution in [2.24, 2.45) is 0 Å². The van der Waals surface area contributed by atoms with Gasteiger partial charge in [0.2, 0.25) is 11.8 Å². The van der Waals surface area contributed by atoms with Gasteiger partial charge in [-0.3, -0.25) is 14.4 Å². The highest BCUT2D eigenvalue weighted by atomic mass is 19.1. The Bertz CT molecular complexity index is 884. The first-order valence-electron chi connectivity index (χ1n) is 8.68. The Morgan fingerprint density at radius 2 is 1.96 bits per heavy atom. The largest absolute Gasteiger partial charge is 0.354 e. The van der Waals surface area contributed by atoms with Crippen LogP contribution in [0.3, 0.4) is 0 Å². The molecule has 1 aliphatic rings. The van der Waals surface area contributed by atoms with Gasteiger partial charge in [0, 0.05) is 6.54 Å². The van der Waals surface area contributed by atoms with Crippen molar-refractivity contribution in [3.8, 4) is 0 Å². The van der Waals surface area contributed by atoms with Gasteiger partial charge in [-0.1, -0.05) is 24.3 Å². The van der Waals surface area contributed by atoms with Crippen molar-refractivity contribution in [3.05, 3.63) is 65.5 Å². The lowest BCUT2D eigenvalue weighted by Gasteiger charge is -2.23. The van der Waals surface area contributed by atoms with Gasteiger partial charge in [0.05, 0.1) is 11.3 Å². The van der Waals surface area contributed by atoms with Crippen LogP contribution in [0, 0.1) is 5.82 Å². The number of rotatable bonds is 5. The predicted molar refractivity (Wildman–Crippen MR) is 98.8 cm³/mol. The molecule has 2 aromatic rings. The molecule has 0 saturated heterocycles. The number of halogens is 1. The molecule has 0 aliphatic carbocycles. The third kappa shape index (κ3) is 4.31. The van der Waals surface area contributed by atoms with Crippen LogP contribution in [0.4, 0.5) is 10.1 Å². The number of carbonyl (C=O) groups is 3. The molecule has 0 radical (unpaired) electrons. The minimum atomic E-state index is -0.731. The first-order chi connectivity index (χ1) is 13.0. The van der Waals surface area contributed by atoms with Gasteiger partial charge in [0.15, 0.2) is 0 Å². The predicted octanol–water partition coefficient (Wildman–Crippen LogP) is 1.65. The maximum Gasteiger partial charge on any atom is 0.254 e. The summed E-state index contributed by atoms with van der Waals surface area (Å²) in [4.78, 5) is 38.5. The van der Waals surface area contributed by atoms with Gasteiger partial charge < -0.3 is 15.5 Å². The van der Waals surface area contributed by atoms with Crippen molar-refractivity contribution >= 4 is 23.4 Å². The van der Waals surface area contributed by atoms with E-state index < -0.39 is 6.04 Å². The average molecular weight is 369 g/mol. The van der Waals surface area contributed by atoms with E-state index in [9.17, 15) is 18.8 Å². The van der Waals surface area contributed by atoms with Crippen molar-refractivity contribution < 1.29 is 18.8 Å². The molecule has 2 N–H and O–H groups in total. The first-order valence-corrected chi connectivity index (χ1v) is 8.68. The molecule has 0 fully saturated rings. The smallest absolute Gasteiger partial charge is 0.254 e. The average Bonchev–Trinajstić information content (AvgIpc) is 2.73. The van der Waals surface area contributed by atoms with E-state index in [0.29, 0.717) is 24.2 Å². The minimum Gasteiger partial charge on any atom is -0.354 e. The molecule has 0 aromatic heterocycles. The van der Waals surface area contributed by atoms with Gasteiger partial charge in [-0.2, -0.15) is 0 Å². The zero-order chi connectivity index (χ0) is 19.4. The van der Waals surface area contributed by atoms with Crippen LogP contribution in [-0.2, 0) is 16.0 Å². The number of amides is 3. The number of hydrogen-bond donors (Lipinski definition) is 2. The van der Waals surface area contributed by atoms with Gasteiger partial charge in [0.25, 0.3) is 5.91 Å². The lowest BCUT2D eigenvalue weighted by Crippen LogP contribution is -2.47. The number of fused-ring (bicyclic) bond motifs is 1. The minimum absolute atomic E-state index is 0.196. The molecule has 7 heteroatoms. The summed E-state index contributed by atoms with van der Waals surface area (Å²) in [6, 6.07) is 12.1. The molecule has 27 heavy (non-hydrogen) atoms. The Hall–Kier alpha value is -3.22. The Balaban J connectivity index is 1.67. The summed E-state index contributed by atoms with van der Waals surface area (Å²) < 4.78 is 13.2. The SMILES string of the molecule is C[C@@H]1NC(=O)c2ccccc2N(CC(=O)NCCc2cccc(F)c2)C1=O. The highest BCUT2D eigenvalue weighted by molar-refractivity contribution is 6.12. The maximum absolute atomic E-state index is 13.2. The van der Waals surface area contributed by atoms with Gasteiger partial charge in [0.1, 0.15) is 18.4 Å². The molecular formula is C20H20FN3O3. The summed E-state index contributed by atoms with van der Waals surface area (Å²) >= 11 is 0. The summed E-state index contributed by atoms with van der Waals surface area (Å²) in [5.74, 6) is -1.37. The number of nitrogens with one attached hydrogen (secondary N) is 2. The molecule has 0 unspecified atom stereocenters. The summed E-state index contributed by atoms with van der Waals surface area (Å²) in [5, 5.41) is 5.36.